The van der Waals surface area contributed by atoms with Crippen molar-refractivity contribution in [1.29, 1.82) is 0 Å². The Balaban J connectivity index is 2.31. The molecule has 0 amide bonds. The zero-order chi connectivity index (χ0) is 9.97. The molecule has 0 aromatic heterocycles. The molecule has 1 heteroatoms. The van der Waals surface area contributed by atoms with Crippen LogP contribution in [0.3, 0.4) is 0 Å². The summed E-state index contributed by atoms with van der Waals surface area (Å²) >= 11 is 0. The van der Waals surface area contributed by atoms with E-state index < -0.39 is 0 Å². The van der Waals surface area contributed by atoms with Gasteiger partial charge in [0, 0.05) is 13.1 Å². The average molecular weight is 187 g/mol. The van der Waals surface area contributed by atoms with Crippen LogP contribution in [0.1, 0.15) is 23.1 Å². The molecule has 74 valence electrons. The van der Waals surface area contributed by atoms with Gasteiger partial charge in [-0.25, -0.2) is 0 Å². The first-order chi connectivity index (χ1) is 6.79. The fraction of sp³-hybridized carbons (Fsp3) is 0.385. The maximum absolute atomic E-state index is 3.84. The maximum atomic E-state index is 3.84. The Morgan fingerprint density at radius 2 is 2.21 bits per heavy atom. The van der Waals surface area contributed by atoms with Crippen molar-refractivity contribution in [2.24, 2.45) is 0 Å². The molecular formula is C13H17N. The molecule has 0 saturated carbocycles. The second kappa shape index (κ2) is 3.87. The third-order valence-electron chi connectivity index (χ3n) is 2.88. The van der Waals surface area contributed by atoms with Crippen LogP contribution in [0.15, 0.2) is 31.0 Å². The molecule has 1 aromatic rings. The van der Waals surface area contributed by atoms with E-state index in [1.165, 1.54) is 29.5 Å². The predicted molar refractivity (Wildman–Crippen MR) is 60.1 cm³/mol. The van der Waals surface area contributed by atoms with Gasteiger partial charge in [-0.1, -0.05) is 30.3 Å². The van der Waals surface area contributed by atoms with Gasteiger partial charge in [0.15, 0.2) is 0 Å². The van der Waals surface area contributed by atoms with E-state index in [1.807, 2.05) is 6.20 Å². The molecule has 0 aliphatic carbocycles. The van der Waals surface area contributed by atoms with E-state index in [-0.39, 0.29) is 0 Å². The lowest BCUT2D eigenvalue weighted by Crippen LogP contribution is -2.15. The van der Waals surface area contributed by atoms with E-state index in [2.05, 4.69) is 36.6 Å². The largest absolute Gasteiger partial charge is 0.374 e. The molecule has 1 aliphatic heterocycles. The summed E-state index contributed by atoms with van der Waals surface area (Å²) in [5, 5.41) is 0. The fourth-order valence-electron chi connectivity index (χ4n) is 2.07. The van der Waals surface area contributed by atoms with Gasteiger partial charge in [0.2, 0.25) is 0 Å². The van der Waals surface area contributed by atoms with Crippen molar-refractivity contribution in [1.82, 2.24) is 4.90 Å². The van der Waals surface area contributed by atoms with Crippen LogP contribution in [-0.2, 0) is 13.0 Å². The van der Waals surface area contributed by atoms with Crippen LogP contribution >= 0.6 is 0 Å². The molecule has 0 radical (unpaired) electrons. The highest BCUT2D eigenvalue weighted by molar-refractivity contribution is 5.32. The normalized spacial score (nSPS) is 15.9. The van der Waals surface area contributed by atoms with E-state index >= 15 is 0 Å². The van der Waals surface area contributed by atoms with E-state index in [0.29, 0.717) is 0 Å². The zero-order valence-corrected chi connectivity index (χ0v) is 8.79. The van der Waals surface area contributed by atoms with Crippen molar-refractivity contribution < 1.29 is 0 Å². The van der Waals surface area contributed by atoms with Crippen molar-refractivity contribution in [3.63, 3.8) is 0 Å². The van der Waals surface area contributed by atoms with Gasteiger partial charge in [0.05, 0.1) is 0 Å². The van der Waals surface area contributed by atoms with Crippen LogP contribution in [0, 0.1) is 6.92 Å². The molecule has 2 rings (SSSR count). The van der Waals surface area contributed by atoms with Crippen molar-refractivity contribution in [3.05, 3.63) is 47.7 Å². The highest BCUT2D eigenvalue weighted by atomic mass is 15.1. The molecule has 14 heavy (non-hydrogen) atoms. The molecule has 0 unspecified atom stereocenters. The Hall–Kier alpha value is -1.24. The topological polar surface area (TPSA) is 3.24 Å². The number of rotatable bonds is 1. The summed E-state index contributed by atoms with van der Waals surface area (Å²) < 4.78 is 0. The lowest BCUT2D eigenvalue weighted by molar-refractivity contribution is 0.375. The summed E-state index contributed by atoms with van der Waals surface area (Å²) in [5.74, 6) is 0. The predicted octanol–water partition coefficient (Wildman–Crippen LogP) is 2.89. The highest BCUT2D eigenvalue weighted by Gasteiger charge is 2.10. The monoisotopic (exact) mass is 187 g/mol. The minimum absolute atomic E-state index is 1.03. The standard InChI is InChI=1S/C13H17N/c1-3-14-8-4-5-12-9-11(2)6-7-13(12)10-14/h3,6-7,9H,1,4-5,8,10H2,2H3. The molecule has 1 aliphatic rings. The highest BCUT2D eigenvalue weighted by Crippen LogP contribution is 2.19. The van der Waals surface area contributed by atoms with E-state index in [4.69, 9.17) is 0 Å². The summed E-state index contributed by atoms with van der Waals surface area (Å²) in [6.45, 7) is 8.17. The SMILES string of the molecule is C=CN1CCCc2cc(C)ccc2C1. The van der Waals surface area contributed by atoms with E-state index in [1.54, 1.807) is 0 Å². The molecule has 0 bridgehead atoms. The number of fused-ring (bicyclic) bond motifs is 1. The van der Waals surface area contributed by atoms with Crippen LogP contribution in [0.5, 0.6) is 0 Å². The Labute approximate surface area is 86.1 Å². The molecule has 1 aromatic carbocycles. The number of nitrogens with zero attached hydrogens (tertiary/aromatic N) is 1. The first kappa shape index (κ1) is 9.32. The van der Waals surface area contributed by atoms with Gasteiger partial charge in [-0.2, -0.15) is 0 Å². The van der Waals surface area contributed by atoms with Crippen LogP contribution in [0.2, 0.25) is 0 Å². The van der Waals surface area contributed by atoms with Crippen LogP contribution in [0.25, 0.3) is 0 Å². The van der Waals surface area contributed by atoms with Crippen LogP contribution in [-0.4, -0.2) is 11.4 Å². The van der Waals surface area contributed by atoms with Crippen LogP contribution in [0.4, 0.5) is 0 Å². The minimum Gasteiger partial charge on any atom is -0.374 e. The summed E-state index contributed by atoms with van der Waals surface area (Å²) in [5.41, 5.74) is 4.36. The summed E-state index contributed by atoms with van der Waals surface area (Å²) in [6, 6.07) is 6.78. The molecule has 0 N–H and O–H groups in total. The van der Waals surface area contributed by atoms with E-state index in [9.17, 15) is 0 Å². The molecule has 1 nitrogen and oxygen atoms in total. The molecular weight excluding hydrogens is 170 g/mol. The lowest BCUT2D eigenvalue weighted by atomic mass is 10.0. The first-order valence-corrected chi connectivity index (χ1v) is 5.24. The quantitative estimate of drug-likeness (QED) is 0.653. The Morgan fingerprint density at radius 1 is 1.36 bits per heavy atom. The van der Waals surface area contributed by atoms with Crippen molar-refractivity contribution in [3.8, 4) is 0 Å². The maximum Gasteiger partial charge on any atom is 0.0426 e. The zero-order valence-electron chi connectivity index (χ0n) is 8.79. The summed E-state index contributed by atoms with van der Waals surface area (Å²) in [6.07, 6.45) is 4.40. The molecule has 1 heterocycles. The lowest BCUT2D eigenvalue weighted by Gasteiger charge is -2.17. The number of benzene rings is 1. The second-order valence-electron chi connectivity index (χ2n) is 4.03. The molecule has 0 fully saturated rings. The minimum atomic E-state index is 1.03. The molecule has 0 spiro atoms. The number of aryl methyl sites for hydroxylation is 2. The number of hydrogen-bond donors (Lipinski definition) is 0. The smallest absolute Gasteiger partial charge is 0.0426 e. The summed E-state index contributed by atoms with van der Waals surface area (Å²) in [7, 11) is 0. The van der Waals surface area contributed by atoms with E-state index in [0.717, 1.165) is 13.1 Å². The van der Waals surface area contributed by atoms with Crippen molar-refractivity contribution in [2.45, 2.75) is 26.3 Å². The van der Waals surface area contributed by atoms with Gasteiger partial charge in [0.1, 0.15) is 0 Å². The van der Waals surface area contributed by atoms with Gasteiger partial charge in [0.25, 0.3) is 0 Å². The third kappa shape index (κ3) is 1.82. The Kier molecular flexibility index (Phi) is 2.58. The Bertz CT molecular complexity index is 341. The van der Waals surface area contributed by atoms with Gasteiger partial charge < -0.3 is 4.90 Å². The molecule has 0 saturated heterocycles. The Morgan fingerprint density at radius 3 is 3.00 bits per heavy atom. The fourth-order valence-corrected chi connectivity index (χ4v) is 2.07. The number of hydrogen-bond acceptors (Lipinski definition) is 1. The summed E-state index contributed by atoms with van der Waals surface area (Å²) in [4.78, 5) is 2.29. The van der Waals surface area contributed by atoms with Crippen molar-refractivity contribution >= 4 is 0 Å². The van der Waals surface area contributed by atoms with Gasteiger partial charge >= 0.3 is 0 Å². The average Bonchev–Trinajstić information content (AvgIpc) is 2.38. The van der Waals surface area contributed by atoms with Gasteiger partial charge in [-0.3, -0.25) is 0 Å². The first-order valence-electron chi connectivity index (χ1n) is 5.24. The van der Waals surface area contributed by atoms with Crippen LogP contribution < -0.4 is 0 Å². The molecule has 0 atom stereocenters. The van der Waals surface area contributed by atoms with Gasteiger partial charge in [-0.15, -0.1) is 0 Å². The van der Waals surface area contributed by atoms with Gasteiger partial charge in [-0.05, 0) is 37.1 Å². The third-order valence-corrected chi connectivity index (χ3v) is 2.88. The van der Waals surface area contributed by atoms with Crippen molar-refractivity contribution in [2.75, 3.05) is 6.54 Å². The second-order valence-corrected chi connectivity index (χ2v) is 4.03.